The second-order valence-electron chi connectivity index (χ2n) is 3.48. The molecule has 0 aliphatic heterocycles. The van der Waals surface area contributed by atoms with Gasteiger partial charge in [0.2, 0.25) is 5.88 Å². The third-order valence-electron chi connectivity index (χ3n) is 2.22. The van der Waals surface area contributed by atoms with Gasteiger partial charge in [-0.15, -0.1) is 11.3 Å². The van der Waals surface area contributed by atoms with E-state index in [1.165, 1.54) is 4.88 Å². The molecule has 90 valence electrons. The maximum absolute atomic E-state index is 5.86. The molecule has 0 saturated heterocycles. The van der Waals surface area contributed by atoms with Gasteiger partial charge in [0.1, 0.15) is 0 Å². The lowest BCUT2D eigenvalue weighted by molar-refractivity contribution is 0.395. The first-order valence-electron chi connectivity index (χ1n) is 5.23. The Hall–Kier alpha value is -1.10. The van der Waals surface area contributed by atoms with Crippen LogP contribution in [0.2, 0.25) is 4.34 Å². The van der Waals surface area contributed by atoms with Crippen molar-refractivity contribution in [3.05, 3.63) is 45.2 Å². The van der Waals surface area contributed by atoms with Gasteiger partial charge in [-0.3, -0.25) is 0 Å². The Kier molecular flexibility index (Phi) is 4.36. The van der Waals surface area contributed by atoms with E-state index in [1.807, 2.05) is 30.3 Å². The number of nitrogens with zero attached hydrogens (tertiary/aromatic N) is 1. The van der Waals surface area contributed by atoms with Crippen molar-refractivity contribution in [1.82, 2.24) is 10.3 Å². The van der Waals surface area contributed by atoms with Gasteiger partial charge in [0.05, 0.1) is 17.1 Å². The normalized spacial score (nSPS) is 10.5. The summed E-state index contributed by atoms with van der Waals surface area (Å²) in [6, 6.07) is 9.68. The third kappa shape index (κ3) is 3.70. The fourth-order valence-corrected chi connectivity index (χ4v) is 2.49. The van der Waals surface area contributed by atoms with Crippen molar-refractivity contribution in [3.63, 3.8) is 0 Å². The number of rotatable bonds is 5. The van der Waals surface area contributed by atoms with Gasteiger partial charge >= 0.3 is 0 Å². The highest BCUT2D eigenvalue weighted by Gasteiger charge is 1.99. The van der Waals surface area contributed by atoms with Crippen LogP contribution in [0.1, 0.15) is 10.6 Å². The number of thiophene rings is 1. The zero-order valence-corrected chi connectivity index (χ0v) is 11.0. The monoisotopic (exact) mass is 268 g/mol. The lowest BCUT2D eigenvalue weighted by Crippen LogP contribution is -2.12. The van der Waals surface area contributed by atoms with Crippen LogP contribution in [0.25, 0.3) is 0 Å². The van der Waals surface area contributed by atoms with Crippen LogP contribution in [-0.2, 0) is 13.1 Å². The number of aromatic nitrogens is 1. The first kappa shape index (κ1) is 12.4. The van der Waals surface area contributed by atoms with Crippen LogP contribution < -0.4 is 10.1 Å². The van der Waals surface area contributed by atoms with E-state index in [1.54, 1.807) is 18.4 Å². The first-order valence-corrected chi connectivity index (χ1v) is 6.42. The quantitative estimate of drug-likeness (QED) is 0.905. The minimum Gasteiger partial charge on any atom is -0.481 e. The molecule has 2 rings (SSSR count). The highest BCUT2D eigenvalue weighted by atomic mass is 35.5. The van der Waals surface area contributed by atoms with Gasteiger partial charge in [-0.2, -0.15) is 0 Å². The van der Waals surface area contributed by atoms with E-state index in [0.29, 0.717) is 12.4 Å². The number of hydrogen-bond acceptors (Lipinski definition) is 4. The minimum atomic E-state index is 0.642. The molecular weight excluding hydrogens is 256 g/mol. The summed E-state index contributed by atoms with van der Waals surface area (Å²) in [5.41, 5.74) is 0.965. The Morgan fingerprint density at radius 2 is 2.18 bits per heavy atom. The SMILES string of the molecule is COc1cccc(CNCc2ccc(Cl)s2)n1. The molecule has 0 amide bonds. The Labute approximate surface area is 109 Å². The number of ether oxygens (including phenoxy) is 1. The number of pyridine rings is 1. The lowest BCUT2D eigenvalue weighted by Gasteiger charge is -2.04. The highest BCUT2D eigenvalue weighted by molar-refractivity contribution is 7.16. The van der Waals surface area contributed by atoms with Crippen molar-refractivity contribution >= 4 is 22.9 Å². The first-order chi connectivity index (χ1) is 8.28. The molecule has 17 heavy (non-hydrogen) atoms. The summed E-state index contributed by atoms with van der Waals surface area (Å²) in [6.45, 7) is 1.52. The van der Waals surface area contributed by atoms with Gasteiger partial charge in [-0.1, -0.05) is 17.7 Å². The average molecular weight is 269 g/mol. The molecule has 0 spiro atoms. The molecule has 2 aromatic rings. The van der Waals surface area contributed by atoms with E-state index in [0.717, 1.165) is 16.6 Å². The van der Waals surface area contributed by atoms with E-state index in [9.17, 15) is 0 Å². The number of methoxy groups -OCH3 is 1. The van der Waals surface area contributed by atoms with E-state index >= 15 is 0 Å². The van der Waals surface area contributed by atoms with Crippen LogP contribution in [-0.4, -0.2) is 12.1 Å². The summed E-state index contributed by atoms with van der Waals surface area (Å²) >= 11 is 7.45. The lowest BCUT2D eigenvalue weighted by atomic mass is 10.3. The van der Waals surface area contributed by atoms with Crippen molar-refractivity contribution in [2.45, 2.75) is 13.1 Å². The average Bonchev–Trinajstić information content (AvgIpc) is 2.75. The summed E-state index contributed by atoms with van der Waals surface area (Å²) in [4.78, 5) is 5.54. The molecule has 0 bridgehead atoms. The molecule has 0 saturated carbocycles. The van der Waals surface area contributed by atoms with Crippen LogP contribution in [0.15, 0.2) is 30.3 Å². The molecule has 1 N–H and O–H groups in total. The fraction of sp³-hybridized carbons (Fsp3) is 0.250. The van der Waals surface area contributed by atoms with E-state index in [-0.39, 0.29) is 0 Å². The second kappa shape index (κ2) is 6.00. The van der Waals surface area contributed by atoms with E-state index in [4.69, 9.17) is 16.3 Å². The van der Waals surface area contributed by atoms with Gasteiger partial charge in [-0.05, 0) is 18.2 Å². The zero-order valence-electron chi connectivity index (χ0n) is 9.44. The highest BCUT2D eigenvalue weighted by Crippen LogP contribution is 2.21. The van der Waals surface area contributed by atoms with Crippen molar-refractivity contribution in [3.8, 4) is 5.88 Å². The summed E-state index contributed by atoms with van der Waals surface area (Å²) in [6.07, 6.45) is 0. The van der Waals surface area contributed by atoms with Gasteiger partial charge in [0.25, 0.3) is 0 Å². The van der Waals surface area contributed by atoms with Crippen LogP contribution in [0, 0.1) is 0 Å². The van der Waals surface area contributed by atoms with Gasteiger partial charge in [0, 0.05) is 24.0 Å². The smallest absolute Gasteiger partial charge is 0.213 e. The Morgan fingerprint density at radius 3 is 2.88 bits per heavy atom. The number of nitrogens with one attached hydrogen (secondary N) is 1. The minimum absolute atomic E-state index is 0.642. The predicted molar refractivity (Wildman–Crippen MR) is 70.7 cm³/mol. The standard InChI is InChI=1S/C12H13ClN2OS/c1-16-12-4-2-3-9(15-12)7-14-8-10-5-6-11(13)17-10/h2-6,14H,7-8H2,1H3. The Morgan fingerprint density at radius 1 is 1.29 bits per heavy atom. The van der Waals surface area contributed by atoms with Crippen molar-refractivity contribution in [2.24, 2.45) is 0 Å². The largest absolute Gasteiger partial charge is 0.481 e. The molecule has 0 radical (unpaired) electrons. The zero-order chi connectivity index (χ0) is 12.1. The summed E-state index contributed by atoms with van der Waals surface area (Å²) in [5.74, 6) is 0.642. The molecule has 0 aromatic carbocycles. The van der Waals surface area contributed by atoms with Crippen molar-refractivity contribution in [2.75, 3.05) is 7.11 Å². The molecule has 0 unspecified atom stereocenters. The summed E-state index contributed by atoms with van der Waals surface area (Å²) < 4.78 is 5.89. The molecule has 0 fully saturated rings. The van der Waals surface area contributed by atoms with Crippen molar-refractivity contribution < 1.29 is 4.74 Å². The van der Waals surface area contributed by atoms with Crippen LogP contribution in [0.5, 0.6) is 5.88 Å². The fourth-order valence-electron chi connectivity index (χ4n) is 1.43. The maximum atomic E-state index is 5.86. The number of halogens is 1. The van der Waals surface area contributed by atoms with Gasteiger partial charge in [-0.25, -0.2) is 4.98 Å². The van der Waals surface area contributed by atoms with Crippen LogP contribution in [0.3, 0.4) is 0 Å². The summed E-state index contributed by atoms with van der Waals surface area (Å²) in [5, 5.41) is 3.32. The van der Waals surface area contributed by atoms with Gasteiger partial charge in [0.15, 0.2) is 0 Å². The van der Waals surface area contributed by atoms with Crippen LogP contribution in [0.4, 0.5) is 0 Å². The molecule has 2 aromatic heterocycles. The molecule has 0 aliphatic carbocycles. The number of hydrogen-bond donors (Lipinski definition) is 1. The van der Waals surface area contributed by atoms with Crippen molar-refractivity contribution in [1.29, 1.82) is 0 Å². The molecule has 5 heteroatoms. The molecule has 2 heterocycles. The third-order valence-corrected chi connectivity index (χ3v) is 3.46. The molecule has 0 atom stereocenters. The topological polar surface area (TPSA) is 34.1 Å². The van der Waals surface area contributed by atoms with Crippen LogP contribution >= 0.6 is 22.9 Å². The molecule has 3 nitrogen and oxygen atoms in total. The molecular formula is C12H13ClN2OS. The second-order valence-corrected chi connectivity index (χ2v) is 5.28. The maximum Gasteiger partial charge on any atom is 0.213 e. The van der Waals surface area contributed by atoms with E-state index in [2.05, 4.69) is 10.3 Å². The van der Waals surface area contributed by atoms with Gasteiger partial charge < -0.3 is 10.1 Å². The predicted octanol–water partition coefficient (Wildman–Crippen LogP) is 3.09. The Balaban J connectivity index is 1.85. The van der Waals surface area contributed by atoms with E-state index < -0.39 is 0 Å². The molecule has 0 aliphatic rings. The summed E-state index contributed by atoms with van der Waals surface area (Å²) in [7, 11) is 1.62. The Bertz CT molecular complexity index is 487.